The lowest BCUT2D eigenvalue weighted by atomic mass is 9.89. The molecular formula is C25H23N3O4. The summed E-state index contributed by atoms with van der Waals surface area (Å²) in [6.07, 6.45) is 0.823. The lowest BCUT2D eigenvalue weighted by molar-refractivity contribution is 0.0893. The van der Waals surface area contributed by atoms with Gasteiger partial charge in [-0.1, -0.05) is 18.2 Å². The first-order valence-electron chi connectivity index (χ1n) is 10.6. The van der Waals surface area contributed by atoms with E-state index in [0.29, 0.717) is 46.1 Å². The number of fused-ring (bicyclic) bond motifs is 1. The number of nitrogens with zero attached hydrogens (tertiary/aromatic N) is 2. The van der Waals surface area contributed by atoms with Crippen molar-refractivity contribution >= 4 is 39.3 Å². The van der Waals surface area contributed by atoms with Gasteiger partial charge in [-0.3, -0.25) is 14.2 Å². The number of aromatic amines is 1. The first kappa shape index (κ1) is 20.2. The Hall–Kier alpha value is -3.71. The zero-order chi connectivity index (χ0) is 22.7. The van der Waals surface area contributed by atoms with E-state index in [9.17, 15) is 19.5 Å². The Morgan fingerprint density at radius 3 is 2.47 bits per heavy atom. The number of carbonyl (C=O) groups excluding carboxylic acids is 2. The van der Waals surface area contributed by atoms with Crippen LogP contribution in [0.1, 0.15) is 45.2 Å². The topological polar surface area (TPSA) is 95.4 Å². The number of aromatic nitrogens is 2. The number of H-pyrrole nitrogens is 1. The molecule has 0 fully saturated rings. The number of anilines is 1. The molecule has 0 radical (unpaired) electrons. The number of amides is 2. The average Bonchev–Trinajstić information content (AvgIpc) is 3.03. The van der Waals surface area contributed by atoms with E-state index in [2.05, 4.69) is 4.98 Å². The van der Waals surface area contributed by atoms with Gasteiger partial charge in [0.2, 0.25) is 0 Å². The van der Waals surface area contributed by atoms with E-state index >= 15 is 0 Å². The molecule has 0 unspecified atom stereocenters. The number of hydrogen-bond donors (Lipinski definition) is 2. The van der Waals surface area contributed by atoms with Crippen molar-refractivity contribution in [2.24, 2.45) is 7.05 Å². The molecule has 7 heteroatoms. The normalized spacial score (nSPS) is 14.6. The van der Waals surface area contributed by atoms with Crippen molar-refractivity contribution in [3.63, 3.8) is 0 Å². The van der Waals surface area contributed by atoms with E-state index in [1.807, 2.05) is 25.1 Å². The number of imide groups is 1. The maximum Gasteiger partial charge on any atom is 0.326 e. The number of aliphatic hydroxyl groups excluding tert-OH is 1. The van der Waals surface area contributed by atoms with Crippen molar-refractivity contribution in [3.8, 4) is 0 Å². The molecular weight excluding hydrogens is 406 g/mol. The zero-order valence-corrected chi connectivity index (χ0v) is 18.1. The monoisotopic (exact) mass is 429 g/mol. The molecule has 32 heavy (non-hydrogen) atoms. The number of aryl methyl sites for hydroxylation is 3. The van der Waals surface area contributed by atoms with Crippen LogP contribution in [0, 0.1) is 6.92 Å². The maximum atomic E-state index is 13.5. The van der Waals surface area contributed by atoms with Crippen LogP contribution in [0.5, 0.6) is 0 Å². The Balaban J connectivity index is 1.68. The van der Waals surface area contributed by atoms with Gasteiger partial charge in [-0.25, -0.2) is 9.69 Å². The van der Waals surface area contributed by atoms with Crippen molar-refractivity contribution in [1.29, 1.82) is 0 Å². The number of hydrogen-bond acceptors (Lipinski definition) is 4. The standard InChI is InChI=1S/C25H23N3O4/c1-13-11-21-19(26-25(32)27(21)3)12-20(13)28-23(30)17-6-4-5-16-15(8-7-14(2)29)9-10-18(22(16)17)24(28)31/h4-6,9-12,14,29H,7-8H2,1-3H3,(H,26,32)/t14-/m1/s1. The summed E-state index contributed by atoms with van der Waals surface area (Å²) < 4.78 is 1.50. The quantitative estimate of drug-likeness (QED) is 0.486. The van der Waals surface area contributed by atoms with Gasteiger partial charge < -0.3 is 10.1 Å². The number of rotatable bonds is 4. The number of aliphatic hydroxyl groups is 1. The summed E-state index contributed by atoms with van der Waals surface area (Å²) in [6, 6.07) is 12.6. The first-order valence-corrected chi connectivity index (χ1v) is 10.6. The molecule has 1 aromatic heterocycles. The van der Waals surface area contributed by atoms with Crippen LogP contribution >= 0.6 is 0 Å². The van der Waals surface area contributed by atoms with Gasteiger partial charge in [0.25, 0.3) is 11.8 Å². The highest BCUT2D eigenvalue weighted by Crippen LogP contribution is 2.36. The van der Waals surface area contributed by atoms with E-state index in [0.717, 1.165) is 16.5 Å². The van der Waals surface area contributed by atoms with Gasteiger partial charge in [0, 0.05) is 23.6 Å². The van der Waals surface area contributed by atoms with Gasteiger partial charge in [-0.2, -0.15) is 0 Å². The minimum absolute atomic E-state index is 0.257. The summed E-state index contributed by atoms with van der Waals surface area (Å²) in [5, 5.41) is 11.2. The van der Waals surface area contributed by atoms with E-state index in [4.69, 9.17) is 0 Å². The Morgan fingerprint density at radius 1 is 1.03 bits per heavy atom. The molecule has 1 aliphatic rings. The summed E-state index contributed by atoms with van der Waals surface area (Å²) in [4.78, 5) is 43.1. The van der Waals surface area contributed by atoms with Crippen LogP contribution in [0.25, 0.3) is 21.8 Å². The molecule has 4 aromatic rings. The molecule has 2 amide bonds. The molecule has 2 heterocycles. The highest BCUT2D eigenvalue weighted by molar-refractivity contribution is 6.36. The Labute approximate surface area is 183 Å². The molecule has 1 atom stereocenters. The van der Waals surface area contributed by atoms with E-state index < -0.39 is 6.10 Å². The number of imidazole rings is 1. The van der Waals surface area contributed by atoms with E-state index in [-0.39, 0.29) is 17.5 Å². The number of benzene rings is 3. The largest absolute Gasteiger partial charge is 0.393 e. The third-order valence-electron chi connectivity index (χ3n) is 6.29. The molecule has 7 nitrogen and oxygen atoms in total. The maximum absolute atomic E-state index is 13.5. The molecule has 162 valence electrons. The Kier molecular flexibility index (Phi) is 4.53. The second kappa shape index (κ2) is 7.17. The summed E-state index contributed by atoms with van der Waals surface area (Å²) in [5.74, 6) is -0.775. The summed E-state index contributed by atoms with van der Waals surface area (Å²) in [7, 11) is 1.67. The van der Waals surface area contributed by atoms with Crippen LogP contribution in [-0.4, -0.2) is 32.6 Å². The Bertz CT molecular complexity index is 1470. The molecule has 2 N–H and O–H groups in total. The molecule has 0 saturated carbocycles. The molecule has 0 saturated heterocycles. The highest BCUT2D eigenvalue weighted by Gasteiger charge is 2.35. The van der Waals surface area contributed by atoms with Crippen molar-refractivity contribution in [2.45, 2.75) is 32.8 Å². The summed E-state index contributed by atoms with van der Waals surface area (Å²) in [5.41, 5.74) is 4.13. The lowest BCUT2D eigenvalue weighted by Gasteiger charge is -2.29. The molecule has 5 rings (SSSR count). The van der Waals surface area contributed by atoms with Gasteiger partial charge in [-0.15, -0.1) is 0 Å². The second-order valence-corrected chi connectivity index (χ2v) is 8.48. The average molecular weight is 429 g/mol. The molecule has 0 aliphatic carbocycles. The van der Waals surface area contributed by atoms with Crippen LogP contribution in [0.3, 0.4) is 0 Å². The predicted molar refractivity (Wildman–Crippen MR) is 123 cm³/mol. The predicted octanol–water partition coefficient (Wildman–Crippen LogP) is 3.44. The fourth-order valence-corrected chi connectivity index (χ4v) is 4.57. The van der Waals surface area contributed by atoms with Crippen molar-refractivity contribution in [1.82, 2.24) is 9.55 Å². The third-order valence-corrected chi connectivity index (χ3v) is 6.29. The highest BCUT2D eigenvalue weighted by atomic mass is 16.3. The number of nitrogens with one attached hydrogen (secondary N) is 1. The van der Waals surface area contributed by atoms with Crippen molar-refractivity contribution < 1.29 is 14.7 Å². The van der Waals surface area contributed by atoms with Gasteiger partial charge in [0.15, 0.2) is 0 Å². The molecule has 0 spiro atoms. The molecule has 0 bridgehead atoms. The van der Waals surface area contributed by atoms with Crippen molar-refractivity contribution in [3.05, 3.63) is 75.2 Å². The molecule has 1 aliphatic heterocycles. The van der Waals surface area contributed by atoms with Gasteiger partial charge >= 0.3 is 5.69 Å². The second-order valence-electron chi connectivity index (χ2n) is 8.48. The fraction of sp³-hybridized carbons (Fsp3) is 0.240. The zero-order valence-electron chi connectivity index (χ0n) is 18.1. The minimum atomic E-state index is -0.429. The van der Waals surface area contributed by atoms with Gasteiger partial charge in [0.1, 0.15) is 0 Å². The third kappa shape index (κ3) is 2.89. The van der Waals surface area contributed by atoms with Crippen molar-refractivity contribution in [2.75, 3.05) is 4.90 Å². The lowest BCUT2D eigenvalue weighted by Crippen LogP contribution is -2.41. The van der Waals surface area contributed by atoms with Gasteiger partial charge in [-0.05, 0) is 67.5 Å². The smallest absolute Gasteiger partial charge is 0.326 e. The van der Waals surface area contributed by atoms with E-state index in [1.165, 1.54) is 9.47 Å². The minimum Gasteiger partial charge on any atom is -0.393 e. The Morgan fingerprint density at radius 2 is 1.75 bits per heavy atom. The van der Waals surface area contributed by atoms with Crippen LogP contribution in [-0.2, 0) is 13.5 Å². The first-order chi connectivity index (χ1) is 15.3. The van der Waals surface area contributed by atoms with Crippen LogP contribution in [0.15, 0.2) is 47.3 Å². The summed E-state index contributed by atoms with van der Waals surface area (Å²) >= 11 is 0. The summed E-state index contributed by atoms with van der Waals surface area (Å²) in [6.45, 7) is 3.57. The number of carbonyl (C=O) groups is 2. The molecule has 3 aromatic carbocycles. The van der Waals surface area contributed by atoms with Gasteiger partial charge in [0.05, 0.1) is 22.8 Å². The SMILES string of the molecule is Cc1cc2c(cc1N1C(=O)c3cccc4c(CC[C@@H](C)O)ccc(c34)C1=O)[nH]c(=O)n2C. The van der Waals surface area contributed by atoms with Crippen LogP contribution in [0.2, 0.25) is 0 Å². The fourth-order valence-electron chi connectivity index (χ4n) is 4.57. The van der Waals surface area contributed by atoms with Crippen LogP contribution < -0.4 is 10.6 Å². The van der Waals surface area contributed by atoms with E-state index in [1.54, 1.807) is 38.2 Å². The van der Waals surface area contributed by atoms with Crippen LogP contribution in [0.4, 0.5) is 5.69 Å².